The van der Waals surface area contributed by atoms with E-state index in [-0.39, 0.29) is 23.2 Å². The van der Waals surface area contributed by atoms with Crippen LogP contribution in [0, 0.1) is 5.92 Å². The molecule has 1 fully saturated rings. The molecule has 1 aromatic carbocycles. The van der Waals surface area contributed by atoms with Crippen molar-refractivity contribution in [3.05, 3.63) is 17.7 Å². The largest absolute Gasteiger partial charge is 0.508 e. The number of rotatable bonds is 2. The molecule has 0 unspecified atom stereocenters. The van der Waals surface area contributed by atoms with Crippen molar-refractivity contribution < 1.29 is 20.1 Å². The topological polar surface area (TPSA) is 95.9 Å². The molecule has 1 atom stereocenters. The van der Waals surface area contributed by atoms with E-state index in [1.807, 2.05) is 0 Å². The van der Waals surface area contributed by atoms with Crippen LogP contribution in [0.3, 0.4) is 0 Å². The second-order valence-corrected chi connectivity index (χ2v) is 4.37. The van der Waals surface area contributed by atoms with Gasteiger partial charge in [0.1, 0.15) is 17.2 Å². The summed E-state index contributed by atoms with van der Waals surface area (Å²) in [4.78, 5) is 0. The Morgan fingerprint density at radius 1 is 1.12 bits per heavy atom. The SMILES string of the molecule is N[C@H](c1c(O)cc(O)cc1O)C1CCOCC1. The number of ether oxygens (including phenoxy) is 1. The third-order valence-electron chi connectivity index (χ3n) is 3.23. The van der Waals surface area contributed by atoms with Crippen molar-refractivity contribution in [1.29, 1.82) is 0 Å². The van der Waals surface area contributed by atoms with Crippen molar-refractivity contribution in [3.63, 3.8) is 0 Å². The number of hydrogen-bond donors (Lipinski definition) is 4. The normalized spacial score (nSPS) is 19.1. The van der Waals surface area contributed by atoms with Gasteiger partial charge in [-0.3, -0.25) is 0 Å². The molecule has 2 rings (SSSR count). The number of nitrogens with two attached hydrogens (primary N) is 1. The van der Waals surface area contributed by atoms with Gasteiger partial charge in [0.05, 0.1) is 5.56 Å². The highest BCUT2D eigenvalue weighted by Crippen LogP contribution is 2.40. The van der Waals surface area contributed by atoms with E-state index in [4.69, 9.17) is 10.5 Å². The third-order valence-corrected chi connectivity index (χ3v) is 3.23. The summed E-state index contributed by atoms with van der Waals surface area (Å²) < 4.78 is 5.24. The summed E-state index contributed by atoms with van der Waals surface area (Å²) in [6.07, 6.45) is 1.61. The Balaban J connectivity index is 2.26. The maximum absolute atomic E-state index is 9.74. The number of aromatic hydroxyl groups is 3. The second-order valence-electron chi connectivity index (χ2n) is 4.37. The fourth-order valence-corrected chi connectivity index (χ4v) is 2.26. The molecule has 5 N–H and O–H groups in total. The van der Waals surface area contributed by atoms with Gasteiger partial charge in [0, 0.05) is 31.4 Å². The first-order valence-electron chi connectivity index (χ1n) is 5.67. The maximum Gasteiger partial charge on any atom is 0.127 e. The lowest BCUT2D eigenvalue weighted by molar-refractivity contribution is 0.0578. The minimum absolute atomic E-state index is 0.165. The smallest absolute Gasteiger partial charge is 0.127 e. The maximum atomic E-state index is 9.74. The lowest BCUT2D eigenvalue weighted by Gasteiger charge is -2.28. The van der Waals surface area contributed by atoms with Gasteiger partial charge >= 0.3 is 0 Å². The van der Waals surface area contributed by atoms with Crippen molar-refractivity contribution in [3.8, 4) is 17.2 Å². The van der Waals surface area contributed by atoms with Crippen LogP contribution in [0.1, 0.15) is 24.4 Å². The number of hydrogen-bond acceptors (Lipinski definition) is 5. The molecule has 1 heterocycles. The quantitative estimate of drug-likeness (QED) is 0.622. The molecule has 0 amide bonds. The summed E-state index contributed by atoms with van der Waals surface area (Å²) >= 11 is 0. The van der Waals surface area contributed by atoms with Gasteiger partial charge in [-0.05, 0) is 18.8 Å². The third kappa shape index (κ3) is 2.45. The van der Waals surface area contributed by atoms with Crippen LogP contribution in [-0.4, -0.2) is 28.5 Å². The van der Waals surface area contributed by atoms with Crippen molar-refractivity contribution in [2.24, 2.45) is 11.7 Å². The highest BCUT2D eigenvalue weighted by Gasteiger charge is 2.26. The zero-order valence-corrected chi connectivity index (χ0v) is 9.47. The summed E-state index contributed by atoms with van der Waals surface area (Å²) in [7, 11) is 0. The van der Waals surface area contributed by atoms with Gasteiger partial charge in [0.15, 0.2) is 0 Å². The van der Waals surface area contributed by atoms with Crippen LogP contribution in [0.25, 0.3) is 0 Å². The van der Waals surface area contributed by atoms with Crippen LogP contribution in [0.5, 0.6) is 17.2 Å². The minimum atomic E-state index is -0.445. The van der Waals surface area contributed by atoms with E-state index in [0.29, 0.717) is 18.8 Å². The molecule has 0 aromatic heterocycles. The monoisotopic (exact) mass is 239 g/mol. The lowest BCUT2D eigenvalue weighted by atomic mass is 9.87. The Morgan fingerprint density at radius 3 is 2.18 bits per heavy atom. The number of phenols is 3. The van der Waals surface area contributed by atoms with Crippen LogP contribution < -0.4 is 5.73 Å². The van der Waals surface area contributed by atoms with Gasteiger partial charge in [-0.2, -0.15) is 0 Å². The van der Waals surface area contributed by atoms with Crippen molar-refractivity contribution in [2.45, 2.75) is 18.9 Å². The summed E-state index contributed by atoms with van der Waals surface area (Å²) in [6, 6.07) is 1.93. The van der Waals surface area contributed by atoms with Gasteiger partial charge in [0.2, 0.25) is 0 Å². The molecule has 5 nitrogen and oxygen atoms in total. The van der Waals surface area contributed by atoms with Crippen LogP contribution in [0.2, 0.25) is 0 Å². The number of phenolic OH excluding ortho intramolecular Hbond substituents is 3. The summed E-state index contributed by atoms with van der Waals surface area (Å²) in [5.74, 6) is -0.337. The van der Waals surface area contributed by atoms with E-state index < -0.39 is 6.04 Å². The zero-order chi connectivity index (χ0) is 12.4. The molecule has 0 radical (unpaired) electrons. The van der Waals surface area contributed by atoms with E-state index in [1.54, 1.807) is 0 Å². The summed E-state index contributed by atoms with van der Waals surface area (Å²) in [5.41, 5.74) is 6.36. The minimum Gasteiger partial charge on any atom is -0.508 e. The molecule has 1 aliphatic heterocycles. The van der Waals surface area contributed by atoms with Gasteiger partial charge in [-0.1, -0.05) is 0 Å². The molecule has 94 valence electrons. The first-order chi connectivity index (χ1) is 8.09. The average molecular weight is 239 g/mol. The van der Waals surface area contributed by atoms with Crippen LogP contribution in [-0.2, 0) is 4.74 Å². The molecule has 0 saturated carbocycles. The highest BCUT2D eigenvalue weighted by atomic mass is 16.5. The molecule has 0 bridgehead atoms. The van der Waals surface area contributed by atoms with Crippen LogP contribution >= 0.6 is 0 Å². The molecule has 1 aromatic rings. The first-order valence-corrected chi connectivity index (χ1v) is 5.67. The summed E-state index contributed by atoms with van der Waals surface area (Å²) in [5, 5.41) is 28.7. The van der Waals surface area contributed by atoms with E-state index in [2.05, 4.69) is 0 Å². The molecule has 1 aliphatic rings. The highest BCUT2D eigenvalue weighted by molar-refractivity contribution is 5.50. The van der Waals surface area contributed by atoms with E-state index in [0.717, 1.165) is 12.8 Å². The van der Waals surface area contributed by atoms with Crippen molar-refractivity contribution in [1.82, 2.24) is 0 Å². The molecule has 0 spiro atoms. The van der Waals surface area contributed by atoms with Crippen molar-refractivity contribution in [2.75, 3.05) is 13.2 Å². The molecule has 0 aliphatic carbocycles. The van der Waals surface area contributed by atoms with E-state index in [1.165, 1.54) is 12.1 Å². The van der Waals surface area contributed by atoms with Crippen LogP contribution in [0.15, 0.2) is 12.1 Å². The zero-order valence-electron chi connectivity index (χ0n) is 9.47. The fraction of sp³-hybridized carbons (Fsp3) is 0.500. The Labute approximate surface area is 99.5 Å². The van der Waals surface area contributed by atoms with Crippen LogP contribution in [0.4, 0.5) is 0 Å². The Bertz CT molecular complexity index is 378. The lowest BCUT2D eigenvalue weighted by Crippen LogP contribution is -2.27. The Hall–Kier alpha value is -1.46. The van der Waals surface area contributed by atoms with Gasteiger partial charge in [-0.25, -0.2) is 0 Å². The predicted octanol–water partition coefficient (Wildman–Crippen LogP) is 1.23. The fourth-order valence-electron chi connectivity index (χ4n) is 2.26. The summed E-state index contributed by atoms with van der Waals surface area (Å²) in [6.45, 7) is 1.30. The second kappa shape index (κ2) is 4.81. The Morgan fingerprint density at radius 2 is 1.65 bits per heavy atom. The van der Waals surface area contributed by atoms with Gasteiger partial charge in [-0.15, -0.1) is 0 Å². The molecule has 1 saturated heterocycles. The molecule has 5 heteroatoms. The molecular formula is C12H17NO4. The van der Waals surface area contributed by atoms with Gasteiger partial charge in [0.25, 0.3) is 0 Å². The molecule has 17 heavy (non-hydrogen) atoms. The number of benzene rings is 1. The van der Waals surface area contributed by atoms with E-state index >= 15 is 0 Å². The standard InChI is InChI=1S/C12H17NO4/c13-12(7-1-3-17-4-2-7)11-9(15)5-8(14)6-10(11)16/h5-7,12,14-16H,1-4,13H2/t12-/m0/s1. The Kier molecular flexibility index (Phi) is 3.40. The van der Waals surface area contributed by atoms with E-state index in [9.17, 15) is 15.3 Å². The first kappa shape index (κ1) is 12.0. The van der Waals surface area contributed by atoms with Crippen molar-refractivity contribution >= 4 is 0 Å². The average Bonchev–Trinajstić information content (AvgIpc) is 2.28. The predicted molar refractivity (Wildman–Crippen MR) is 61.9 cm³/mol. The van der Waals surface area contributed by atoms with Gasteiger partial charge < -0.3 is 25.8 Å². The molecular weight excluding hydrogens is 222 g/mol.